The predicted molar refractivity (Wildman–Crippen MR) is 299 cm³/mol. The molecule has 0 heterocycles. The van der Waals surface area contributed by atoms with Crippen molar-refractivity contribution < 1.29 is 0 Å². The molecule has 70 heavy (non-hydrogen) atoms. The van der Waals surface area contributed by atoms with Gasteiger partial charge in [0.05, 0.1) is 6.04 Å². The molecular weight excluding hydrogens is 845 g/mol. The second kappa shape index (κ2) is 20.2. The van der Waals surface area contributed by atoms with Gasteiger partial charge < -0.3 is 9.80 Å². The summed E-state index contributed by atoms with van der Waals surface area (Å²) < 4.78 is 0. The van der Waals surface area contributed by atoms with Crippen molar-refractivity contribution in [2.24, 2.45) is 0 Å². The minimum absolute atomic E-state index is 0.149. The van der Waals surface area contributed by atoms with E-state index in [1.54, 1.807) is 0 Å². The van der Waals surface area contributed by atoms with Gasteiger partial charge in [-0.25, -0.2) is 0 Å². The molecule has 0 fully saturated rings. The van der Waals surface area contributed by atoms with E-state index >= 15 is 0 Å². The first-order valence-electron chi connectivity index (χ1n) is 24.9. The molecule has 0 saturated heterocycles. The molecule has 11 rings (SSSR count). The third kappa shape index (κ3) is 9.46. The van der Waals surface area contributed by atoms with Crippen LogP contribution in [0.25, 0.3) is 44.5 Å². The van der Waals surface area contributed by atoms with Crippen LogP contribution in [0.1, 0.15) is 60.8 Å². The number of anilines is 4. The van der Waals surface area contributed by atoms with Crippen LogP contribution in [0.5, 0.6) is 0 Å². The summed E-state index contributed by atoms with van der Waals surface area (Å²) in [5, 5.41) is 0. The number of benzene rings is 8. The maximum absolute atomic E-state index is 2.53. The molecule has 0 spiro atoms. The standard InChI is InChI=1S/C68H58N2/c1-49-26-37-66(48-68(49)58-22-13-6-14-23-58)70(63-42-33-56(34-43-63)52-18-9-4-10-19-52)65-44-45-67(50(2)46-65)59-29-27-54(28-30-59)57-35-40-62(41-36-57)69(61-38-31-55(32-39-61)51-16-7-3-8-17-51)64-25-15-24-60(47-64)53-20-11-5-12-21-53/h3-20,22-35,37-40,42-43,45-48,53,65H,21,36,41,44H2,1-2H3. The molecule has 0 N–H and O–H groups in total. The molecule has 0 bridgehead atoms. The van der Waals surface area contributed by atoms with Crippen molar-refractivity contribution in [1.82, 2.24) is 0 Å². The molecule has 0 aliphatic heterocycles. The van der Waals surface area contributed by atoms with Crippen molar-refractivity contribution >= 4 is 33.9 Å². The maximum atomic E-state index is 2.53. The molecule has 8 aromatic carbocycles. The lowest BCUT2D eigenvalue weighted by atomic mass is 9.88. The van der Waals surface area contributed by atoms with E-state index in [1.807, 2.05) is 0 Å². The Labute approximate surface area is 414 Å². The van der Waals surface area contributed by atoms with Crippen LogP contribution >= 0.6 is 0 Å². The Kier molecular flexibility index (Phi) is 12.8. The lowest BCUT2D eigenvalue weighted by Gasteiger charge is -2.35. The smallest absolute Gasteiger partial charge is 0.0562 e. The van der Waals surface area contributed by atoms with E-state index in [2.05, 4.69) is 279 Å². The zero-order valence-electron chi connectivity index (χ0n) is 40.1. The molecule has 2 atom stereocenters. The van der Waals surface area contributed by atoms with E-state index in [9.17, 15) is 0 Å². The minimum Gasteiger partial charge on any atom is -0.334 e. The van der Waals surface area contributed by atoms with Crippen molar-refractivity contribution in [2.45, 2.75) is 51.5 Å². The van der Waals surface area contributed by atoms with Crippen molar-refractivity contribution in [3.63, 3.8) is 0 Å². The normalized spacial score (nSPS) is 16.4. The van der Waals surface area contributed by atoms with Gasteiger partial charge in [0.2, 0.25) is 0 Å². The van der Waals surface area contributed by atoms with Crippen LogP contribution in [0.2, 0.25) is 0 Å². The summed E-state index contributed by atoms with van der Waals surface area (Å²) in [6.07, 6.45) is 22.4. The quantitative estimate of drug-likeness (QED) is 0.121. The van der Waals surface area contributed by atoms with Gasteiger partial charge in [-0.15, -0.1) is 0 Å². The average molecular weight is 903 g/mol. The summed E-state index contributed by atoms with van der Waals surface area (Å²) in [5.41, 5.74) is 22.6. The van der Waals surface area contributed by atoms with Gasteiger partial charge >= 0.3 is 0 Å². The van der Waals surface area contributed by atoms with Crippen LogP contribution in [-0.4, -0.2) is 6.04 Å². The summed E-state index contributed by atoms with van der Waals surface area (Å²) in [6, 6.07) is 75.8. The molecule has 340 valence electrons. The van der Waals surface area contributed by atoms with Gasteiger partial charge in [-0.05, 0) is 166 Å². The van der Waals surface area contributed by atoms with Crippen molar-refractivity contribution in [1.29, 1.82) is 0 Å². The molecule has 2 heteroatoms. The molecule has 0 radical (unpaired) electrons. The highest BCUT2D eigenvalue weighted by Crippen LogP contribution is 2.42. The Hall–Kier alpha value is -8.20. The Balaban J connectivity index is 0.857. The molecular formula is C68H58N2. The van der Waals surface area contributed by atoms with Gasteiger partial charge in [0.1, 0.15) is 0 Å². The third-order valence-corrected chi connectivity index (χ3v) is 14.4. The molecule has 0 aromatic heterocycles. The van der Waals surface area contributed by atoms with Gasteiger partial charge in [0, 0.05) is 34.4 Å². The zero-order chi connectivity index (χ0) is 47.2. The highest BCUT2D eigenvalue weighted by atomic mass is 15.2. The van der Waals surface area contributed by atoms with Crippen LogP contribution in [0.3, 0.4) is 0 Å². The van der Waals surface area contributed by atoms with E-state index < -0.39 is 0 Å². The molecule has 8 aromatic rings. The fourth-order valence-electron chi connectivity index (χ4n) is 10.6. The SMILES string of the molecule is CC1=CC(N(c2ccc(-c3ccccc3)cc2)c2ccc(C)c(-c3ccccc3)c2)CC=C1c1ccc(C2=CC=C(N(c3ccc(-c4ccccc4)cc3)c3cccc(C4C=CC=CC4)c3)CC2)cc1. The Morgan fingerprint density at radius 2 is 1.04 bits per heavy atom. The van der Waals surface area contributed by atoms with Crippen molar-refractivity contribution in [3.05, 3.63) is 288 Å². The molecule has 0 amide bonds. The van der Waals surface area contributed by atoms with E-state index in [0.29, 0.717) is 5.92 Å². The topological polar surface area (TPSA) is 6.48 Å². The van der Waals surface area contributed by atoms with Gasteiger partial charge in [-0.2, -0.15) is 0 Å². The number of hydrogen-bond donors (Lipinski definition) is 0. The maximum Gasteiger partial charge on any atom is 0.0562 e. The first kappa shape index (κ1) is 44.3. The van der Waals surface area contributed by atoms with Gasteiger partial charge in [0.25, 0.3) is 0 Å². The van der Waals surface area contributed by atoms with Gasteiger partial charge in [-0.1, -0.05) is 200 Å². The molecule has 2 unspecified atom stereocenters. The number of nitrogens with zero attached hydrogens (tertiary/aromatic N) is 2. The fourth-order valence-corrected chi connectivity index (χ4v) is 10.6. The van der Waals surface area contributed by atoms with Crippen LogP contribution in [0.4, 0.5) is 22.7 Å². The first-order valence-corrected chi connectivity index (χ1v) is 24.9. The summed E-state index contributed by atoms with van der Waals surface area (Å²) in [6.45, 7) is 4.49. The van der Waals surface area contributed by atoms with Gasteiger partial charge in [0.15, 0.2) is 0 Å². The van der Waals surface area contributed by atoms with E-state index in [-0.39, 0.29) is 6.04 Å². The number of aryl methyl sites for hydroxylation is 1. The first-order chi connectivity index (χ1) is 34.5. The average Bonchev–Trinajstić information content (AvgIpc) is 3.43. The molecule has 3 aliphatic rings. The monoisotopic (exact) mass is 902 g/mol. The van der Waals surface area contributed by atoms with Crippen molar-refractivity contribution in [3.8, 4) is 33.4 Å². The Bertz CT molecular complexity index is 3300. The van der Waals surface area contributed by atoms with Crippen molar-refractivity contribution in [2.75, 3.05) is 9.80 Å². The van der Waals surface area contributed by atoms with E-state index in [4.69, 9.17) is 0 Å². The third-order valence-electron chi connectivity index (χ3n) is 14.4. The summed E-state index contributed by atoms with van der Waals surface area (Å²) in [4.78, 5) is 5.00. The summed E-state index contributed by atoms with van der Waals surface area (Å²) >= 11 is 0. The Morgan fingerprint density at radius 3 is 1.66 bits per heavy atom. The lowest BCUT2D eigenvalue weighted by molar-refractivity contribution is 0.781. The summed E-state index contributed by atoms with van der Waals surface area (Å²) in [5.74, 6) is 0.387. The lowest BCUT2D eigenvalue weighted by Crippen LogP contribution is -2.30. The van der Waals surface area contributed by atoms with Crippen LogP contribution in [0, 0.1) is 6.92 Å². The Morgan fingerprint density at radius 1 is 0.443 bits per heavy atom. The molecule has 2 nitrogen and oxygen atoms in total. The number of hydrogen-bond acceptors (Lipinski definition) is 2. The summed E-state index contributed by atoms with van der Waals surface area (Å²) in [7, 11) is 0. The van der Waals surface area contributed by atoms with Crippen LogP contribution in [-0.2, 0) is 0 Å². The highest BCUT2D eigenvalue weighted by Gasteiger charge is 2.25. The van der Waals surface area contributed by atoms with Crippen LogP contribution in [0.15, 0.2) is 266 Å². The van der Waals surface area contributed by atoms with Crippen LogP contribution < -0.4 is 9.80 Å². The van der Waals surface area contributed by atoms with E-state index in [1.165, 1.54) is 101 Å². The predicted octanol–water partition coefficient (Wildman–Crippen LogP) is 18.4. The van der Waals surface area contributed by atoms with E-state index in [0.717, 1.165) is 25.7 Å². The number of allylic oxidation sites excluding steroid dienone is 10. The second-order valence-corrected chi connectivity index (χ2v) is 18.8. The molecule has 0 saturated carbocycles. The van der Waals surface area contributed by atoms with Gasteiger partial charge in [-0.3, -0.25) is 0 Å². The zero-order valence-corrected chi connectivity index (χ0v) is 40.1. The second-order valence-electron chi connectivity index (χ2n) is 18.8. The highest BCUT2D eigenvalue weighted by molar-refractivity contribution is 5.84. The fraction of sp³-hybridized carbons (Fsp3) is 0.118. The number of rotatable bonds is 12. The largest absolute Gasteiger partial charge is 0.334 e. The molecule has 3 aliphatic carbocycles. The minimum atomic E-state index is 0.149.